The normalized spacial score (nSPS) is 15.2. The quantitative estimate of drug-likeness (QED) is 0.371. The van der Waals surface area contributed by atoms with Crippen molar-refractivity contribution < 1.29 is 14.6 Å². The zero-order chi connectivity index (χ0) is 21.7. The second-order valence-electron chi connectivity index (χ2n) is 9.16. The number of hydrogen-bond donors (Lipinski definition) is 4. The molecule has 3 aromatic rings. The highest BCUT2D eigenvalue weighted by molar-refractivity contribution is 6.20. The summed E-state index contributed by atoms with van der Waals surface area (Å²) in [7, 11) is 0. The first-order chi connectivity index (χ1) is 14.1. The van der Waals surface area contributed by atoms with Gasteiger partial charge in [0, 0.05) is 45.3 Å². The summed E-state index contributed by atoms with van der Waals surface area (Å²) in [5, 5.41) is 13.5. The van der Waals surface area contributed by atoms with E-state index in [-0.39, 0.29) is 23.3 Å². The van der Waals surface area contributed by atoms with Crippen molar-refractivity contribution in [3.8, 4) is 5.75 Å². The number of aromatic nitrogens is 1. The summed E-state index contributed by atoms with van der Waals surface area (Å²) in [6.45, 7) is 9.24. The number of carbonyl (C=O) groups excluding carboxylic acids is 1. The van der Waals surface area contributed by atoms with Crippen molar-refractivity contribution in [3.63, 3.8) is 0 Å². The van der Waals surface area contributed by atoms with Crippen molar-refractivity contribution in [1.29, 1.82) is 0 Å². The highest BCUT2D eigenvalue weighted by Crippen LogP contribution is 2.44. The van der Waals surface area contributed by atoms with Gasteiger partial charge in [-0.2, -0.15) is 0 Å². The number of nitrogens with two attached hydrogens (primary N) is 1. The molecule has 0 spiro atoms. The number of ether oxygens (including phenoxy) is 1. The summed E-state index contributed by atoms with van der Waals surface area (Å²) in [5.41, 5.74) is 10.0. The summed E-state index contributed by atoms with van der Waals surface area (Å²) in [6, 6.07) is 11.3. The fourth-order valence-electron chi connectivity index (χ4n) is 4.13. The Bertz CT molecular complexity index is 1130. The van der Waals surface area contributed by atoms with Crippen LogP contribution in [0.2, 0.25) is 0 Å². The molecule has 0 aliphatic heterocycles. The van der Waals surface area contributed by atoms with Gasteiger partial charge in [-0.25, -0.2) is 0 Å². The molecule has 1 heterocycles. The van der Waals surface area contributed by atoms with Gasteiger partial charge in [-0.05, 0) is 49.7 Å². The van der Waals surface area contributed by atoms with E-state index in [1.807, 2.05) is 50.2 Å². The number of nitrogens with one attached hydrogen (secondary N) is 2. The molecule has 5 N–H and O–H groups in total. The van der Waals surface area contributed by atoms with Gasteiger partial charge in [0.1, 0.15) is 12.4 Å². The van der Waals surface area contributed by atoms with Gasteiger partial charge < -0.3 is 25.9 Å². The number of ketones is 1. The number of anilines is 1. The van der Waals surface area contributed by atoms with Crippen LogP contribution in [-0.2, 0) is 5.41 Å². The Balaban J connectivity index is 1.64. The summed E-state index contributed by atoms with van der Waals surface area (Å²) in [4.78, 5) is 16.8. The average Bonchev–Trinajstić information content (AvgIpc) is 3.09. The zero-order valence-corrected chi connectivity index (χ0v) is 17.9. The van der Waals surface area contributed by atoms with Gasteiger partial charge in [0.15, 0.2) is 5.78 Å². The van der Waals surface area contributed by atoms with Crippen LogP contribution in [0.5, 0.6) is 5.75 Å². The van der Waals surface area contributed by atoms with Crippen molar-refractivity contribution in [3.05, 3.63) is 58.8 Å². The van der Waals surface area contributed by atoms with Crippen molar-refractivity contribution in [2.45, 2.75) is 38.6 Å². The minimum atomic E-state index is -0.386. The molecule has 0 saturated heterocycles. The molecule has 0 saturated carbocycles. The Morgan fingerprint density at radius 1 is 1.20 bits per heavy atom. The highest BCUT2D eigenvalue weighted by Gasteiger charge is 2.39. The zero-order valence-electron chi connectivity index (χ0n) is 17.9. The molecule has 0 unspecified atom stereocenters. The Morgan fingerprint density at radius 2 is 1.97 bits per heavy atom. The maximum absolute atomic E-state index is 13.3. The molecule has 0 radical (unpaired) electrons. The van der Waals surface area contributed by atoms with Crippen molar-refractivity contribution in [1.82, 2.24) is 10.3 Å². The van der Waals surface area contributed by atoms with E-state index < -0.39 is 0 Å². The second kappa shape index (κ2) is 7.15. The molecule has 6 heteroatoms. The van der Waals surface area contributed by atoms with Gasteiger partial charge >= 0.3 is 0 Å². The van der Waals surface area contributed by atoms with Crippen LogP contribution in [0.4, 0.5) is 5.69 Å². The number of aliphatic hydroxyl groups excluding tert-OH is 1. The van der Waals surface area contributed by atoms with Crippen LogP contribution in [0, 0.1) is 0 Å². The van der Waals surface area contributed by atoms with E-state index in [9.17, 15) is 9.90 Å². The van der Waals surface area contributed by atoms with Gasteiger partial charge in [0.25, 0.3) is 0 Å². The molecular weight excluding hydrogens is 378 g/mol. The van der Waals surface area contributed by atoms with Crippen LogP contribution in [-0.4, -0.2) is 41.2 Å². The van der Waals surface area contributed by atoms with Crippen LogP contribution in [0.15, 0.2) is 36.4 Å². The number of fused-ring (bicyclic) bond motifs is 4. The smallest absolute Gasteiger partial charge is 0.195 e. The summed E-state index contributed by atoms with van der Waals surface area (Å²) < 4.78 is 5.92. The van der Waals surface area contributed by atoms with E-state index in [1.54, 1.807) is 0 Å². The molecule has 158 valence electrons. The lowest BCUT2D eigenvalue weighted by Gasteiger charge is -2.32. The molecule has 0 atom stereocenters. The first-order valence-corrected chi connectivity index (χ1v) is 10.2. The fourth-order valence-corrected chi connectivity index (χ4v) is 4.13. The molecule has 0 amide bonds. The molecule has 0 fully saturated rings. The number of benzene rings is 2. The van der Waals surface area contributed by atoms with Crippen molar-refractivity contribution >= 4 is 22.4 Å². The largest absolute Gasteiger partial charge is 0.492 e. The highest BCUT2D eigenvalue weighted by atomic mass is 16.5. The number of hydrogen-bond acceptors (Lipinski definition) is 5. The van der Waals surface area contributed by atoms with E-state index >= 15 is 0 Å². The van der Waals surface area contributed by atoms with Gasteiger partial charge in [-0.3, -0.25) is 4.79 Å². The third-order valence-electron chi connectivity index (χ3n) is 5.95. The SMILES string of the molecule is CC(C)(CO)NCCOc1ccc2c(c1)C(C)(C)c1[nH]c3cc(N)ccc3c1C2=O. The van der Waals surface area contributed by atoms with Crippen LogP contribution in [0.3, 0.4) is 0 Å². The van der Waals surface area contributed by atoms with Crippen molar-refractivity contribution in [2.24, 2.45) is 0 Å². The third kappa shape index (κ3) is 3.36. The molecule has 6 nitrogen and oxygen atoms in total. The number of carbonyl (C=O) groups is 1. The van der Waals surface area contributed by atoms with Gasteiger partial charge in [0.2, 0.25) is 0 Å². The predicted molar refractivity (Wildman–Crippen MR) is 119 cm³/mol. The maximum atomic E-state index is 13.3. The lowest BCUT2D eigenvalue weighted by atomic mass is 9.71. The molecular formula is C24H29N3O3. The lowest BCUT2D eigenvalue weighted by Crippen LogP contribution is -2.44. The number of nitrogen functional groups attached to an aromatic ring is 1. The standard InChI is InChI=1S/C24H29N3O3/c1-23(2,13-28)26-9-10-30-15-6-8-16-18(12-15)24(3,4)22-20(21(16)29)17-7-5-14(25)11-19(17)27-22/h5-8,11-12,26-28H,9-10,13,25H2,1-4H3. The van der Waals surface area contributed by atoms with Gasteiger partial charge in [0.05, 0.1) is 12.2 Å². The van der Waals surface area contributed by atoms with Gasteiger partial charge in [-0.15, -0.1) is 0 Å². The van der Waals surface area contributed by atoms with Crippen LogP contribution < -0.4 is 15.8 Å². The van der Waals surface area contributed by atoms with E-state index in [4.69, 9.17) is 10.5 Å². The first kappa shape index (κ1) is 20.4. The summed E-state index contributed by atoms with van der Waals surface area (Å²) >= 11 is 0. The lowest BCUT2D eigenvalue weighted by molar-refractivity contribution is 0.103. The first-order valence-electron chi connectivity index (χ1n) is 10.2. The predicted octanol–water partition coefficient (Wildman–Crippen LogP) is 3.36. The molecule has 1 aliphatic carbocycles. The maximum Gasteiger partial charge on any atom is 0.195 e. The minimum absolute atomic E-state index is 0.0215. The second-order valence-corrected chi connectivity index (χ2v) is 9.16. The van der Waals surface area contributed by atoms with Crippen LogP contribution >= 0.6 is 0 Å². The van der Waals surface area contributed by atoms with Crippen LogP contribution in [0.25, 0.3) is 10.9 Å². The Labute approximate surface area is 176 Å². The molecule has 4 rings (SSSR count). The Hall–Kier alpha value is -2.83. The summed E-state index contributed by atoms with van der Waals surface area (Å²) in [5.74, 6) is 0.746. The molecule has 0 bridgehead atoms. The number of aromatic amines is 1. The van der Waals surface area contributed by atoms with E-state index in [0.29, 0.717) is 24.4 Å². The van der Waals surface area contributed by atoms with Gasteiger partial charge in [-0.1, -0.05) is 19.9 Å². The molecule has 30 heavy (non-hydrogen) atoms. The van der Waals surface area contributed by atoms with E-state index in [0.717, 1.165) is 33.5 Å². The Morgan fingerprint density at radius 3 is 2.70 bits per heavy atom. The average molecular weight is 408 g/mol. The third-order valence-corrected chi connectivity index (χ3v) is 5.95. The van der Waals surface area contributed by atoms with Crippen molar-refractivity contribution in [2.75, 3.05) is 25.5 Å². The minimum Gasteiger partial charge on any atom is -0.492 e. The summed E-state index contributed by atoms with van der Waals surface area (Å²) in [6.07, 6.45) is 0. The van der Waals surface area contributed by atoms with E-state index in [2.05, 4.69) is 24.1 Å². The molecule has 1 aliphatic rings. The number of H-pyrrole nitrogens is 1. The Kier molecular flexibility index (Phi) is 4.87. The fraction of sp³-hybridized carbons (Fsp3) is 0.375. The topological polar surface area (TPSA) is 100 Å². The van der Waals surface area contributed by atoms with E-state index in [1.165, 1.54) is 0 Å². The molecule has 1 aromatic heterocycles. The number of rotatable bonds is 6. The molecule has 2 aromatic carbocycles. The monoisotopic (exact) mass is 407 g/mol. The number of aliphatic hydroxyl groups is 1. The van der Waals surface area contributed by atoms with Crippen LogP contribution in [0.1, 0.15) is 54.9 Å².